The van der Waals surface area contributed by atoms with E-state index in [9.17, 15) is 22.8 Å². The number of amides is 4. The Morgan fingerprint density at radius 3 is 2.58 bits per heavy atom. The van der Waals surface area contributed by atoms with E-state index in [0.29, 0.717) is 18.0 Å². The standard InChI is InChI=1S/C13H21N5O7S/c19-11(8-2-1-5-14-6-8)15-16-12(20)10-4-3-9-7-17(10)13(21)18(9)25-26(22,23)24/h8-10,14H,1-7H2,(H,15,19)(H,16,20)(H,22,23,24)/t8?,9-,10?/m1/s1. The number of urea groups is 1. The molecule has 2 unspecified atom stereocenters. The van der Waals surface area contributed by atoms with Crippen molar-refractivity contribution in [3.63, 3.8) is 0 Å². The van der Waals surface area contributed by atoms with Crippen LogP contribution in [-0.4, -0.2) is 72.5 Å². The van der Waals surface area contributed by atoms with Crippen LogP contribution in [0.4, 0.5) is 4.79 Å². The minimum atomic E-state index is -4.84. The first-order valence-corrected chi connectivity index (χ1v) is 9.70. The molecule has 146 valence electrons. The summed E-state index contributed by atoms with van der Waals surface area (Å²) in [6, 6.07) is -2.26. The summed E-state index contributed by atoms with van der Waals surface area (Å²) in [6.07, 6.45) is 2.19. The summed E-state index contributed by atoms with van der Waals surface area (Å²) < 4.78 is 34.8. The second-order valence-corrected chi connectivity index (χ2v) is 7.54. The molecule has 0 saturated carbocycles. The number of hydrogen-bond acceptors (Lipinski definition) is 7. The van der Waals surface area contributed by atoms with Crippen LogP contribution in [-0.2, 0) is 24.3 Å². The minimum absolute atomic E-state index is 0.0902. The van der Waals surface area contributed by atoms with Gasteiger partial charge in [0.15, 0.2) is 0 Å². The summed E-state index contributed by atoms with van der Waals surface area (Å²) in [5, 5.41) is 3.67. The van der Waals surface area contributed by atoms with Gasteiger partial charge in [-0.05, 0) is 32.2 Å². The Morgan fingerprint density at radius 1 is 1.19 bits per heavy atom. The predicted molar refractivity (Wildman–Crippen MR) is 85.3 cm³/mol. The zero-order valence-corrected chi connectivity index (χ0v) is 14.7. The molecule has 0 aromatic rings. The first kappa shape index (κ1) is 18.8. The SMILES string of the molecule is O=C(NNC(=O)C1CC[C@@H]2CN1C(=O)N2OS(=O)(=O)O)C1CCCNC1. The van der Waals surface area contributed by atoms with Crippen LogP contribution >= 0.6 is 0 Å². The van der Waals surface area contributed by atoms with Gasteiger partial charge in [-0.25, -0.2) is 4.79 Å². The molecular formula is C13H21N5O7S. The highest BCUT2D eigenvalue weighted by molar-refractivity contribution is 7.80. The van der Waals surface area contributed by atoms with Crippen LogP contribution in [0, 0.1) is 5.92 Å². The highest BCUT2D eigenvalue weighted by atomic mass is 32.3. The second kappa shape index (κ2) is 7.34. The molecule has 0 aliphatic carbocycles. The Bertz CT molecular complexity index is 693. The zero-order chi connectivity index (χ0) is 18.9. The fourth-order valence-electron chi connectivity index (χ4n) is 3.49. The molecule has 3 rings (SSSR count). The molecule has 3 heterocycles. The van der Waals surface area contributed by atoms with Gasteiger partial charge in [-0.2, -0.15) is 13.5 Å². The average Bonchev–Trinajstić information content (AvgIpc) is 2.84. The third kappa shape index (κ3) is 4.06. The van der Waals surface area contributed by atoms with Crippen LogP contribution in [0.1, 0.15) is 25.7 Å². The normalized spacial score (nSPS) is 28.8. The maximum Gasteiger partial charge on any atom is 0.418 e. The quantitative estimate of drug-likeness (QED) is 0.321. The van der Waals surface area contributed by atoms with Crippen LogP contribution in [0.3, 0.4) is 0 Å². The number of piperidine rings is 2. The molecule has 0 radical (unpaired) electrons. The number of nitrogens with zero attached hydrogens (tertiary/aromatic N) is 2. The van der Waals surface area contributed by atoms with Crippen molar-refractivity contribution in [3.8, 4) is 0 Å². The highest BCUT2D eigenvalue weighted by Crippen LogP contribution is 2.30. The van der Waals surface area contributed by atoms with Crippen LogP contribution in [0.5, 0.6) is 0 Å². The molecule has 3 aliphatic rings. The minimum Gasteiger partial charge on any atom is -0.316 e. The molecule has 0 spiro atoms. The molecular weight excluding hydrogens is 370 g/mol. The van der Waals surface area contributed by atoms with E-state index in [-0.39, 0.29) is 24.8 Å². The number of fused-ring (bicyclic) bond motifs is 2. The zero-order valence-electron chi connectivity index (χ0n) is 13.9. The largest absolute Gasteiger partial charge is 0.418 e. The van der Waals surface area contributed by atoms with Crippen molar-refractivity contribution in [1.29, 1.82) is 0 Å². The lowest BCUT2D eigenvalue weighted by molar-refractivity contribution is -0.133. The third-order valence-corrected chi connectivity index (χ3v) is 5.13. The summed E-state index contributed by atoms with van der Waals surface area (Å²) in [6.45, 7) is 1.49. The molecule has 4 amide bonds. The molecule has 13 heteroatoms. The summed E-state index contributed by atoms with van der Waals surface area (Å²) >= 11 is 0. The van der Waals surface area contributed by atoms with Gasteiger partial charge in [0, 0.05) is 13.1 Å². The van der Waals surface area contributed by atoms with Gasteiger partial charge in [-0.1, -0.05) is 0 Å². The van der Waals surface area contributed by atoms with Gasteiger partial charge in [0.2, 0.25) is 5.91 Å². The van der Waals surface area contributed by atoms with Crippen molar-refractivity contribution in [2.24, 2.45) is 5.92 Å². The lowest BCUT2D eigenvalue weighted by Gasteiger charge is -2.29. The van der Waals surface area contributed by atoms with E-state index in [2.05, 4.69) is 20.5 Å². The van der Waals surface area contributed by atoms with Crippen molar-refractivity contribution in [2.45, 2.75) is 37.8 Å². The number of carbonyl (C=O) groups excluding carboxylic acids is 3. The van der Waals surface area contributed by atoms with Crippen molar-refractivity contribution in [2.75, 3.05) is 19.6 Å². The number of hydrazine groups is 1. The van der Waals surface area contributed by atoms with Gasteiger partial charge in [0.05, 0.1) is 12.0 Å². The lowest BCUT2D eigenvalue weighted by Crippen LogP contribution is -2.55. The van der Waals surface area contributed by atoms with E-state index in [4.69, 9.17) is 4.55 Å². The summed E-state index contributed by atoms with van der Waals surface area (Å²) in [7, 11) is -4.84. The van der Waals surface area contributed by atoms with Gasteiger partial charge >= 0.3 is 16.4 Å². The van der Waals surface area contributed by atoms with E-state index < -0.39 is 34.4 Å². The average molecular weight is 391 g/mol. The highest BCUT2D eigenvalue weighted by Gasteiger charge is 2.49. The lowest BCUT2D eigenvalue weighted by atomic mass is 9.99. The van der Waals surface area contributed by atoms with E-state index in [1.807, 2.05) is 0 Å². The van der Waals surface area contributed by atoms with Gasteiger partial charge < -0.3 is 10.2 Å². The second-order valence-electron chi connectivity index (χ2n) is 6.53. The van der Waals surface area contributed by atoms with Gasteiger partial charge in [-0.3, -0.25) is 25.0 Å². The molecule has 3 aliphatic heterocycles. The van der Waals surface area contributed by atoms with Crippen LogP contribution in [0.25, 0.3) is 0 Å². The monoisotopic (exact) mass is 391 g/mol. The number of nitrogens with one attached hydrogen (secondary N) is 3. The topological polar surface area (TPSA) is 157 Å². The van der Waals surface area contributed by atoms with E-state index in [0.717, 1.165) is 24.3 Å². The Kier molecular flexibility index (Phi) is 5.32. The molecule has 26 heavy (non-hydrogen) atoms. The smallest absolute Gasteiger partial charge is 0.316 e. The Balaban J connectivity index is 1.56. The number of hydrogen-bond donors (Lipinski definition) is 4. The fourth-order valence-corrected chi connectivity index (χ4v) is 3.88. The fraction of sp³-hybridized carbons (Fsp3) is 0.769. The molecule has 12 nitrogen and oxygen atoms in total. The third-order valence-electron chi connectivity index (χ3n) is 4.78. The number of carbonyl (C=O) groups is 3. The Labute approximate surface area is 150 Å². The molecule has 3 saturated heterocycles. The maximum absolute atomic E-state index is 12.3. The molecule has 3 fully saturated rings. The van der Waals surface area contributed by atoms with Crippen molar-refractivity contribution in [1.82, 2.24) is 26.1 Å². The van der Waals surface area contributed by atoms with Gasteiger partial charge in [0.1, 0.15) is 6.04 Å². The summed E-state index contributed by atoms with van der Waals surface area (Å²) in [5.74, 6) is -1.10. The molecule has 0 aromatic carbocycles. The van der Waals surface area contributed by atoms with Crippen molar-refractivity contribution in [3.05, 3.63) is 0 Å². The summed E-state index contributed by atoms with van der Waals surface area (Å²) in [5.41, 5.74) is 4.70. The Morgan fingerprint density at radius 2 is 1.92 bits per heavy atom. The van der Waals surface area contributed by atoms with E-state index in [1.165, 1.54) is 0 Å². The number of rotatable bonds is 4. The van der Waals surface area contributed by atoms with E-state index in [1.54, 1.807) is 0 Å². The van der Waals surface area contributed by atoms with Gasteiger partial charge in [-0.15, -0.1) is 4.28 Å². The van der Waals surface area contributed by atoms with Gasteiger partial charge in [0.25, 0.3) is 5.91 Å². The number of hydroxylamine groups is 2. The molecule has 2 bridgehead atoms. The maximum atomic E-state index is 12.3. The molecule has 3 atom stereocenters. The first-order valence-electron chi connectivity index (χ1n) is 8.33. The molecule has 0 aromatic heterocycles. The molecule has 4 N–H and O–H groups in total. The van der Waals surface area contributed by atoms with Crippen LogP contribution < -0.4 is 16.2 Å². The van der Waals surface area contributed by atoms with Crippen molar-refractivity contribution >= 4 is 28.2 Å². The predicted octanol–water partition coefficient (Wildman–Crippen LogP) is -1.86. The Hall–Kier alpha value is -1.96. The first-order chi connectivity index (χ1) is 12.3. The van der Waals surface area contributed by atoms with Crippen molar-refractivity contribution < 1.29 is 31.6 Å². The van der Waals surface area contributed by atoms with Crippen LogP contribution in [0.2, 0.25) is 0 Å². The van der Waals surface area contributed by atoms with Crippen LogP contribution in [0.15, 0.2) is 0 Å². The summed E-state index contributed by atoms with van der Waals surface area (Å²) in [4.78, 5) is 37.8. The van der Waals surface area contributed by atoms with E-state index >= 15 is 0 Å².